The number of carboxylic acid groups (broad SMARTS) is 1. The van der Waals surface area contributed by atoms with Crippen molar-refractivity contribution >= 4 is 16.0 Å². The summed E-state index contributed by atoms with van der Waals surface area (Å²) in [5.41, 5.74) is 0. The Bertz CT molecular complexity index is 574. The van der Waals surface area contributed by atoms with Gasteiger partial charge in [-0.15, -0.1) is 0 Å². The summed E-state index contributed by atoms with van der Waals surface area (Å²) < 4.78 is 32.1. The van der Waals surface area contributed by atoms with Crippen molar-refractivity contribution in [2.75, 3.05) is 6.61 Å². The number of carbonyl (C=O) groups is 1. The summed E-state index contributed by atoms with van der Waals surface area (Å²) in [6.45, 7) is 3.93. The van der Waals surface area contributed by atoms with E-state index in [2.05, 4.69) is 9.71 Å². The molecule has 1 aromatic heterocycles. The SMILES string of the molecule is CCCCC(NS(=O)(=O)c1cnccc1OCC)C(=O)O. The van der Waals surface area contributed by atoms with Gasteiger partial charge in [0.1, 0.15) is 16.7 Å². The fraction of sp³-hybridized carbons (Fsp3) is 0.538. The van der Waals surface area contributed by atoms with Gasteiger partial charge in [0.15, 0.2) is 0 Å². The Morgan fingerprint density at radius 2 is 2.19 bits per heavy atom. The van der Waals surface area contributed by atoms with Gasteiger partial charge in [-0.2, -0.15) is 4.72 Å². The molecule has 0 aliphatic heterocycles. The van der Waals surface area contributed by atoms with Crippen LogP contribution in [0.5, 0.6) is 5.75 Å². The van der Waals surface area contributed by atoms with Crippen molar-refractivity contribution in [2.24, 2.45) is 0 Å². The van der Waals surface area contributed by atoms with Gasteiger partial charge < -0.3 is 9.84 Å². The summed E-state index contributed by atoms with van der Waals surface area (Å²) in [5, 5.41) is 9.11. The lowest BCUT2D eigenvalue weighted by molar-refractivity contribution is -0.139. The first-order chi connectivity index (χ1) is 9.92. The molecule has 8 heteroatoms. The Morgan fingerprint density at radius 3 is 2.76 bits per heavy atom. The predicted octanol–water partition coefficient (Wildman–Crippen LogP) is 1.40. The standard InChI is InChI=1S/C13H20N2O5S/c1-3-5-6-10(13(16)17)15-21(18,19)12-9-14-8-7-11(12)20-4-2/h7-10,15H,3-6H2,1-2H3,(H,16,17). The smallest absolute Gasteiger partial charge is 0.321 e. The molecule has 1 aromatic rings. The molecule has 0 radical (unpaired) electrons. The van der Waals surface area contributed by atoms with Crippen LogP contribution in [-0.2, 0) is 14.8 Å². The lowest BCUT2D eigenvalue weighted by atomic mass is 10.1. The van der Waals surface area contributed by atoms with Crippen LogP contribution < -0.4 is 9.46 Å². The van der Waals surface area contributed by atoms with Crippen LogP contribution in [0, 0.1) is 0 Å². The van der Waals surface area contributed by atoms with Gasteiger partial charge in [0.25, 0.3) is 0 Å². The zero-order valence-corrected chi connectivity index (χ0v) is 12.9. The number of ether oxygens (including phenoxy) is 1. The highest BCUT2D eigenvalue weighted by atomic mass is 32.2. The highest BCUT2D eigenvalue weighted by Gasteiger charge is 2.27. The van der Waals surface area contributed by atoms with Crippen LogP contribution in [0.1, 0.15) is 33.1 Å². The molecule has 0 aliphatic carbocycles. The van der Waals surface area contributed by atoms with Gasteiger partial charge >= 0.3 is 5.97 Å². The van der Waals surface area contributed by atoms with E-state index in [1.54, 1.807) is 6.92 Å². The number of sulfonamides is 1. The molecule has 1 heterocycles. The number of nitrogens with one attached hydrogen (secondary N) is 1. The van der Waals surface area contributed by atoms with Crippen molar-refractivity contribution in [1.29, 1.82) is 0 Å². The molecule has 0 saturated heterocycles. The summed E-state index contributed by atoms with van der Waals surface area (Å²) in [5.74, 6) is -1.05. The molecule has 1 unspecified atom stereocenters. The van der Waals surface area contributed by atoms with Crippen LogP contribution >= 0.6 is 0 Å². The fourth-order valence-corrected chi connectivity index (χ4v) is 3.05. The molecule has 0 spiro atoms. The van der Waals surface area contributed by atoms with Crippen molar-refractivity contribution in [1.82, 2.24) is 9.71 Å². The van der Waals surface area contributed by atoms with Crippen molar-refractivity contribution in [3.05, 3.63) is 18.5 Å². The Hall–Kier alpha value is -1.67. The van der Waals surface area contributed by atoms with Crippen LogP contribution in [-0.4, -0.2) is 37.1 Å². The Labute approximate surface area is 124 Å². The molecule has 0 amide bonds. The number of nitrogens with zero attached hydrogens (tertiary/aromatic N) is 1. The molecule has 0 saturated carbocycles. The highest BCUT2D eigenvalue weighted by molar-refractivity contribution is 7.89. The van der Waals surface area contributed by atoms with Gasteiger partial charge in [0.2, 0.25) is 10.0 Å². The Morgan fingerprint density at radius 1 is 1.48 bits per heavy atom. The molecule has 0 aliphatic rings. The van der Waals surface area contributed by atoms with Gasteiger partial charge in [-0.3, -0.25) is 9.78 Å². The molecule has 0 bridgehead atoms. The van der Waals surface area contributed by atoms with Gasteiger partial charge in [-0.1, -0.05) is 19.8 Å². The Balaban J connectivity index is 3.02. The van der Waals surface area contributed by atoms with E-state index >= 15 is 0 Å². The molecule has 2 N–H and O–H groups in total. The van der Waals surface area contributed by atoms with E-state index < -0.39 is 22.0 Å². The molecule has 1 rings (SSSR count). The monoisotopic (exact) mass is 316 g/mol. The second-order valence-electron chi connectivity index (χ2n) is 4.41. The normalized spacial score (nSPS) is 12.9. The maximum absolute atomic E-state index is 12.3. The maximum Gasteiger partial charge on any atom is 0.321 e. The number of hydrogen-bond acceptors (Lipinski definition) is 5. The quantitative estimate of drug-likeness (QED) is 0.713. The van der Waals surface area contributed by atoms with Crippen molar-refractivity contribution in [3.63, 3.8) is 0 Å². The van der Waals surface area contributed by atoms with Crippen molar-refractivity contribution in [3.8, 4) is 5.75 Å². The predicted molar refractivity (Wildman–Crippen MR) is 76.7 cm³/mol. The van der Waals surface area contributed by atoms with Gasteiger partial charge in [-0.05, 0) is 19.4 Å². The summed E-state index contributed by atoms with van der Waals surface area (Å²) in [7, 11) is -4.01. The third-order valence-corrected chi connectivity index (χ3v) is 4.26. The highest BCUT2D eigenvalue weighted by Crippen LogP contribution is 2.22. The molecular formula is C13H20N2O5S. The first kappa shape index (κ1) is 17.4. The number of rotatable bonds is 9. The molecule has 7 nitrogen and oxygen atoms in total. The number of carboxylic acids is 1. The van der Waals surface area contributed by atoms with E-state index in [-0.39, 0.29) is 17.1 Å². The topological polar surface area (TPSA) is 106 Å². The fourth-order valence-electron chi connectivity index (χ4n) is 1.74. The van der Waals surface area contributed by atoms with E-state index in [1.165, 1.54) is 12.3 Å². The third-order valence-electron chi connectivity index (χ3n) is 2.78. The average molecular weight is 316 g/mol. The van der Waals surface area contributed by atoms with Crippen molar-refractivity contribution in [2.45, 2.75) is 44.0 Å². The largest absolute Gasteiger partial charge is 0.492 e. The van der Waals surface area contributed by atoms with Crippen LogP contribution in [0.25, 0.3) is 0 Å². The number of aromatic nitrogens is 1. The number of aliphatic carboxylic acids is 1. The van der Waals surface area contributed by atoms with Crippen LogP contribution in [0.4, 0.5) is 0 Å². The maximum atomic E-state index is 12.3. The lowest BCUT2D eigenvalue weighted by Crippen LogP contribution is -2.40. The van der Waals surface area contributed by atoms with E-state index in [4.69, 9.17) is 9.84 Å². The molecule has 118 valence electrons. The molecular weight excluding hydrogens is 296 g/mol. The van der Waals surface area contributed by atoms with Crippen LogP contribution in [0.15, 0.2) is 23.4 Å². The van der Waals surface area contributed by atoms with E-state index in [9.17, 15) is 13.2 Å². The molecule has 0 fully saturated rings. The second-order valence-corrected chi connectivity index (χ2v) is 6.09. The average Bonchev–Trinajstić information content (AvgIpc) is 2.44. The first-order valence-corrected chi connectivity index (χ1v) is 8.22. The van der Waals surface area contributed by atoms with Gasteiger partial charge in [-0.25, -0.2) is 8.42 Å². The summed E-state index contributed by atoms with van der Waals surface area (Å²) in [6, 6.07) is 0.268. The minimum Gasteiger partial charge on any atom is -0.492 e. The molecule has 1 atom stereocenters. The molecule has 0 aromatic carbocycles. The zero-order valence-electron chi connectivity index (χ0n) is 12.1. The van der Waals surface area contributed by atoms with Gasteiger partial charge in [0.05, 0.1) is 12.8 Å². The van der Waals surface area contributed by atoms with E-state index in [1.807, 2.05) is 6.92 Å². The van der Waals surface area contributed by atoms with E-state index in [0.29, 0.717) is 13.0 Å². The summed E-state index contributed by atoms with van der Waals surface area (Å²) in [4.78, 5) is 14.8. The minimum absolute atomic E-state index is 0.152. The lowest BCUT2D eigenvalue weighted by Gasteiger charge is -2.16. The second kappa shape index (κ2) is 7.94. The zero-order chi connectivity index (χ0) is 15.9. The third kappa shape index (κ3) is 4.98. The molecule has 21 heavy (non-hydrogen) atoms. The van der Waals surface area contributed by atoms with Crippen LogP contribution in [0.3, 0.4) is 0 Å². The summed E-state index contributed by atoms with van der Waals surface area (Å²) in [6.07, 6.45) is 4.19. The van der Waals surface area contributed by atoms with E-state index in [0.717, 1.165) is 12.6 Å². The summed E-state index contributed by atoms with van der Waals surface area (Å²) >= 11 is 0. The Kier molecular flexibility index (Phi) is 6.57. The van der Waals surface area contributed by atoms with Crippen LogP contribution in [0.2, 0.25) is 0 Å². The minimum atomic E-state index is -4.01. The van der Waals surface area contributed by atoms with Crippen molar-refractivity contribution < 1.29 is 23.1 Å². The number of pyridine rings is 1. The van der Waals surface area contributed by atoms with Gasteiger partial charge in [0, 0.05) is 6.20 Å². The number of unbranched alkanes of at least 4 members (excludes halogenated alkanes) is 1. The number of hydrogen-bond donors (Lipinski definition) is 2. The first-order valence-electron chi connectivity index (χ1n) is 6.74.